The van der Waals surface area contributed by atoms with Crippen molar-refractivity contribution < 1.29 is 19.4 Å². The summed E-state index contributed by atoms with van der Waals surface area (Å²) in [7, 11) is 1.63. The monoisotopic (exact) mass is 232 g/mol. The highest BCUT2D eigenvalue weighted by atomic mass is 16.6. The largest absolute Gasteiger partial charge is 0.446 e. The Morgan fingerprint density at radius 3 is 2.88 bits per heavy atom. The lowest BCUT2D eigenvalue weighted by Crippen LogP contribution is -2.47. The van der Waals surface area contributed by atoms with E-state index in [0.29, 0.717) is 19.6 Å². The predicted molar refractivity (Wildman–Crippen MR) is 58.0 cm³/mol. The molecule has 6 nitrogen and oxygen atoms in total. The van der Waals surface area contributed by atoms with E-state index < -0.39 is 12.2 Å². The minimum atomic E-state index is -0.775. The van der Waals surface area contributed by atoms with Crippen LogP contribution in [-0.2, 0) is 9.47 Å². The van der Waals surface area contributed by atoms with E-state index in [1.807, 2.05) is 0 Å². The minimum absolute atomic E-state index is 0.0443. The second kappa shape index (κ2) is 6.67. The average molecular weight is 232 g/mol. The molecule has 1 amide bonds. The number of amides is 1. The highest BCUT2D eigenvalue weighted by molar-refractivity contribution is 5.64. The fourth-order valence-electron chi connectivity index (χ4n) is 1.97. The Morgan fingerprint density at radius 2 is 2.31 bits per heavy atom. The van der Waals surface area contributed by atoms with Crippen LogP contribution in [0.15, 0.2) is 0 Å². The third kappa shape index (κ3) is 4.34. The van der Waals surface area contributed by atoms with Gasteiger partial charge in [0.05, 0.1) is 12.7 Å². The molecule has 0 aromatic heterocycles. The predicted octanol–water partition coefficient (Wildman–Crippen LogP) is -0.400. The lowest BCUT2D eigenvalue weighted by Gasteiger charge is -2.33. The number of nitrogens with one attached hydrogen (secondary N) is 1. The number of aliphatic hydroxyl groups excluding tert-OH is 1. The molecule has 0 bridgehead atoms. The zero-order chi connectivity index (χ0) is 12.0. The van der Waals surface area contributed by atoms with Crippen molar-refractivity contribution in [2.75, 3.05) is 20.3 Å². The highest BCUT2D eigenvalue weighted by Gasteiger charge is 2.30. The molecule has 6 heteroatoms. The maximum absolute atomic E-state index is 10.6. The van der Waals surface area contributed by atoms with Gasteiger partial charge in [0, 0.05) is 26.1 Å². The van der Waals surface area contributed by atoms with Crippen LogP contribution in [0.1, 0.15) is 19.3 Å². The fraction of sp³-hybridized carbons (Fsp3) is 0.900. The topological polar surface area (TPSA) is 93.8 Å². The van der Waals surface area contributed by atoms with Crippen molar-refractivity contribution in [3.8, 4) is 0 Å². The van der Waals surface area contributed by atoms with Crippen LogP contribution < -0.4 is 11.1 Å². The van der Waals surface area contributed by atoms with Crippen molar-refractivity contribution in [3.63, 3.8) is 0 Å². The fourth-order valence-corrected chi connectivity index (χ4v) is 1.97. The van der Waals surface area contributed by atoms with Gasteiger partial charge < -0.3 is 25.6 Å². The molecule has 0 saturated heterocycles. The maximum atomic E-state index is 10.6. The van der Waals surface area contributed by atoms with Crippen molar-refractivity contribution in [3.05, 3.63) is 0 Å². The lowest BCUT2D eigenvalue weighted by molar-refractivity contribution is 0.00648. The van der Waals surface area contributed by atoms with Gasteiger partial charge in [0.1, 0.15) is 6.10 Å². The second-order valence-electron chi connectivity index (χ2n) is 3.99. The summed E-state index contributed by atoms with van der Waals surface area (Å²) in [4.78, 5) is 10.6. The summed E-state index contributed by atoms with van der Waals surface area (Å²) >= 11 is 0. The van der Waals surface area contributed by atoms with Crippen LogP contribution in [0.25, 0.3) is 0 Å². The number of primary amides is 1. The first-order chi connectivity index (χ1) is 7.63. The van der Waals surface area contributed by atoms with Gasteiger partial charge in [0.15, 0.2) is 0 Å². The van der Waals surface area contributed by atoms with E-state index in [9.17, 15) is 9.90 Å². The van der Waals surface area contributed by atoms with E-state index in [1.165, 1.54) is 0 Å². The van der Waals surface area contributed by atoms with Crippen LogP contribution in [0.3, 0.4) is 0 Å². The summed E-state index contributed by atoms with van der Waals surface area (Å²) in [5.74, 6) is 0. The normalized spacial score (nSPS) is 30.0. The molecule has 3 atom stereocenters. The van der Waals surface area contributed by atoms with Gasteiger partial charge in [0.25, 0.3) is 0 Å². The number of hydrogen-bond donors (Lipinski definition) is 3. The first-order valence-corrected chi connectivity index (χ1v) is 5.50. The molecule has 0 aliphatic heterocycles. The summed E-state index contributed by atoms with van der Waals surface area (Å²) in [5.41, 5.74) is 4.93. The molecule has 0 radical (unpaired) electrons. The van der Waals surface area contributed by atoms with Crippen LogP contribution in [-0.4, -0.2) is 49.7 Å². The summed E-state index contributed by atoms with van der Waals surface area (Å²) in [6.07, 6.45) is 0.395. The Bertz CT molecular complexity index is 225. The van der Waals surface area contributed by atoms with Crippen molar-refractivity contribution >= 4 is 6.09 Å². The smallest absolute Gasteiger partial charge is 0.404 e. The Morgan fingerprint density at radius 1 is 1.56 bits per heavy atom. The number of rotatable bonds is 5. The van der Waals surface area contributed by atoms with Crippen LogP contribution in [0.4, 0.5) is 4.79 Å². The summed E-state index contributed by atoms with van der Waals surface area (Å²) < 4.78 is 9.77. The van der Waals surface area contributed by atoms with Gasteiger partial charge >= 0.3 is 6.09 Å². The van der Waals surface area contributed by atoms with Crippen molar-refractivity contribution in [2.45, 2.75) is 37.5 Å². The van der Waals surface area contributed by atoms with Crippen molar-refractivity contribution in [2.24, 2.45) is 5.73 Å². The van der Waals surface area contributed by atoms with E-state index in [1.54, 1.807) is 7.11 Å². The van der Waals surface area contributed by atoms with E-state index in [0.717, 1.165) is 12.8 Å². The molecule has 94 valence electrons. The molecule has 1 aliphatic carbocycles. The SMILES string of the molecule is COCCN[C@H]1CC[C@H](OC(N)=O)C[C@@H]1O. The summed E-state index contributed by atoms with van der Waals surface area (Å²) in [6.45, 7) is 1.32. The molecule has 4 N–H and O–H groups in total. The standard InChI is InChI=1S/C10H20N2O4/c1-15-5-4-12-8-3-2-7(6-9(8)13)16-10(11)14/h7-9,12-13H,2-6H2,1H3,(H2,11,14)/t7-,8-,9-/m0/s1. The molecule has 16 heavy (non-hydrogen) atoms. The third-order valence-electron chi connectivity index (χ3n) is 2.76. The average Bonchev–Trinajstić information content (AvgIpc) is 2.20. The van der Waals surface area contributed by atoms with E-state index >= 15 is 0 Å². The number of carbonyl (C=O) groups is 1. The molecule has 1 rings (SSSR count). The molecule has 0 spiro atoms. The molecule has 1 saturated carbocycles. The van der Waals surface area contributed by atoms with E-state index in [4.69, 9.17) is 15.2 Å². The Balaban J connectivity index is 2.25. The first kappa shape index (κ1) is 13.2. The second-order valence-corrected chi connectivity index (χ2v) is 3.99. The molecule has 1 aliphatic rings. The number of hydrogen-bond acceptors (Lipinski definition) is 5. The van der Waals surface area contributed by atoms with Gasteiger partial charge in [-0.05, 0) is 12.8 Å². The molecule has 0 unspecified atom stereocenters. The van der Waals surface area contributed by atoms with Crippen LogP contribution in [0.2, 0.25) is 0 Å². The van der Waals surface area contributed by atoms with Gasteiger partial charge in [-0.2, -0.15) is 0 Å². The zero-order valence-corrected chi connectivity index (χ0v) is 9.52. The summed E-state index contributed by atoms with van der Waals surface area (Å²) in [5, 5.41) is 13.0. The number of carbonyl (C=O) groups excluding carboxylic acids is 1. The van der Waals surface area contributed by atoms with Gasteiger partial charge in [-0.15, -0.1) is 0 Å². The Labute approximate surface area is 95.1 Å². The van der Waals surface area contributed by atoms with Crippen LogP contribution in [0.5, 0.6) is 0 Å². The van der Waals surface area contributed by atoms with Crippen LogP contribution in [0, 0.1) is 0 Å². The van der Waals surface area contributed by atoms with Gasteiger partial charge in [-0.3, -0.25) is 0 Å². The minimum Gasteiger partial charge on any atom is -0.446 e. The third-order valence-corrected chi connectivity index (χ3v) is 2.76. The Hall–Kier alpha value is -0.850. The molecular weight excluding hydrogens is 212 g/mol. The number of aliphatic hydroxyl groups is 1. The number of methoxy groups -OCH3 is 1. The van der Waals surface area contributed by atoms with Gasteiger partial charge in [0.2, 0.25) is 0 Å². The number of nitrogens with two attached hydrogens (primary N) is 1. The van der Waals surface area contributed by atoms with E-state index in [-0.39, 0.29) is 12.1 Å². The van der Waals surface area contributed by atoms with Crippen LogP contribution >= 0.6 is 0 Å². The molecule has 0 aromatic rings. The summed E-state index contributed by atoms with van der Waals surface area (Å²) in [6, 6.07) is 0.0443. The van der Waals surface area contributed by atoms with Crippen molar-refractivity contribution in [1.82, 2.24) is 5.32 Å². The lowest BCUT2D eigenvalue weighted by atomic mass is 9.90. The van der Waals surface area contributed by atoms with Crippen molar-refractivity contribution in [1.29, 1.82) is 0 Å². The van der Waals surface area contributed by atoms with Gasteiger partial charge in [-0.1, -0.05) is 0 Å². The first-order valence-electron chi connectivity index (χ1n) is 5.50. The van der Waals surface area contributed by atoms with E-state index in [2.05, 4.69) is 5.32 Å². The van der Waals surface area contributed by atoms with Gasteiger partial charge in [-0.25, -0.2) is 4.79 Å². The molecule has 1 fully saturated rings. The molecular formula is C10H20N2O4. The molecule has 0 aromatic carbocycles. The highest BCUT2D eigenvalue weighted by Crippen LogP contribution is 2.21. The molecule has 0 heterocycles. The quantitative estimate of drug-likeness (QED) is 0.561. The maximum Gasteiger partial charge on any atom is 0.404 e. The zero-order valence-electron chi connectivity index (χ0n) is 9.52. The Kier molecular flexibility index (Phi) is 5.51. The number of ether oxygens (including phenoxy) is 2.